The Morgan fingerprint density at radius 3 is 2.76 bits per heavy atom. The zero-order chi connectivity index (χ0) is 15.4. The maximum atomic E-state index is 10.7. The Kier molecular flexibility index (Phi) is 5.18. The van der Waals surface area contributed by atoms with E-state index in [1.54, 1.807) is 6.08 Å². The van der Waals surface area contributed by atoms with Crippen LogP contribution in [0.15, 0.2) is 30.3 Å². The van der Waals surface area contributed by atoms with Crippen molar-refractivity contribution in [2.45, 2.75) is 39.8 Å². The van der Waals surface area contributed by atoms with Crippen LogP contribution in [0.2, 0.25) is 0 Å². The van der Waals surface area contributed by atoms with Crippen LogP contribution in [0.3, 0.4) is 0 Å². The minimum absolute atomic E-state index is 0.567. The molecule has 1 aromatic rings. The van der Waals surface area contributed by atoms with E-state index in [9.17, 15) is 4.79 Å². The van der Waals surface area contributed by atoms with Crippen LogP contribution in [0.4, 0.5) is 0 Å². The van der Waals surface area contributed by atoms with Gasteiger partial charge in [-0.05, 0) is 42.4 Å². The van der Waals surface area contributed by atoms with Gasteiger partial charge in [-0.3, -0.25) is 4.90 Å². The van der Waals surface area contributed by atoms with Crippen LogP contribution in [0.1, 0.15) is 38.3 Å². The summed E-state index contributed by atoms with van der Waals surface area (Å²) >= 11 is 0. The van der Waals surface area contributed by atoms with Gasteiger partial charge >= 0.3 is 5.97 Å². The molecule has 0 spiro atoms. The molecule has 3 nitrogen and oxygen atoms in total. The Morgan fingerprint density at radius 1 is 1.33 bits per heavy atom. The monoisotopic (exact) mass is 287 g/mol. The molecule has 1 aliphatic heterocycles. The predicted molar refractivity (Wildman–Crippen MR) is 85.9 cm³/mol. The third-order valence-corrected chi connectivity index (χ3v) is 4.55. The number of carboxylic acid groups (broad SMARTS) is 1. The molecule has 3 heteroatoms. The summed E-state index contributed by atoms with van der Waals surface area (Å²) in [5, 5.41) is 8.80. The van der Waals surface area contributed by atoms with E-state index in [-0.39, 0.29) is 0 Å². The Bertz CT molecular complexity index is 524. The van der Waals surface area contributed by atoms with Crippen molar-refractivity contribution in [3.05, 3.63) is 41.5 Å². The molecular weight excluding hydrogens is 262 g/mol. The average molecular weight is 287 g/mol. The van der Waals surface area contributed by atoms with E-state index in [1.807, 2.05) is 18.2 Å². The highest BCUT2D eigenvalue weighted by molar-refractivity contribution is 5.85. The van der Waals surface area contributed by atoms with Crippen molar-refractivity contribution in [1.29, 1.82) is 0 Å². The average Bonchev–Trinajstić information content (AvgIpc) is 2.43. The molecule has 1 heterocycles. The molecule has 3 atom stereocenters. The molecule has 1 saturated heterocycles. The minimum Gasteiger partial charge on any atom is -0.478 e. The van der Waals surface area contributed by atoms with Crippen molar-refractivity contribution >= 4 is 12.0 Å². The standard InChI is InChI=1S/C18H25NO2/c1-13-10-14(2)15(3)19(11-13)12-17-7-5-4-6-16(17)8-9-18(20)21/h4-9,13-15H,10-12H2,1-3H3,(H,20,21)/b9-8+. The second-order valence-corrected chi connectivity index (χ2v) is 6.36. The first kappa shape index (κ1) is 15.8. The fourth-order valence-corrected chi connectivity index (χ4v) is 3.26. The molecule has 0 aliphatic carbocycles. The van der Waals surface area contributed by atoms with Crippen LogP contribution in [-0.4, -0.2) is 28.6 Å². The van der Waals surface area contributed by atoms with Gasteiger partial charge in [0, 0.05) is 25.2 Å². The maximum absolute atomic E-state index is 10.7. The van der Waals surface area contributed by atoms with E-state index >= 15 is 0 Å². The maximum Gasteiger partial charge on any atom is 0.328 e. The molecule has 0 saturated carbocycles. The second kappa shape index (κ2) is 6.90. The second-order valence-electron chi connectivity index (χ2n) is 6.36. The summed E-state index contributed by atoms with van der Waals surface area (Å²) in [6, 6.07) is 8.62. The first-order valence-electron chi connectivity index (χ1n) is 7.70. The first-order chi connectivity index (χ1) is 9.97. The highest BCUT2D eigenvalue weighted by atomic mass is 16.4. The number of hydrogen-bond donors (Lipinski definition) is 1. The molecule has 0 bridgehead atoms. The lowest BCUT2D eigenvalue weighted by Gasteiger charge is -2.41. The Morgan fingerprint density at radius 2 is 2.05 bits per heavy atom. The molecule has 1 aromatic carbocycles. The topological polar surface area (TPSA) is 40.5 Å². The lowest BCUT2D eigenvalue weighted by molar-refractivity contribution is -0.131. The number of benzene rings is 1. The van der Waals surface area contributed by atoms with E-state index in [0.717, 1.165) is 24.6 Å². The van der Waals surface area contributed by atoms with E-state index in [2.05, 4.69) is 31.7 Å². The summed E-state index contributed by atoms with van der Waals surface area (Å²) in [6.45, 7) is 8.93. The molecule has 114 valence electrons. The number of nitrogens with zero attached hydrogens (tertiary/aromatic N) is 1. The number of piperidine rings is 1. The van der Waals surface area contributed by atoms with E-state index < -0.39 is 5.97 Å². The highest BCUT2D eigenvalue weighted by Crippen LogP contribution is 2.28. The molecule has 1 fully saturated rings. The fraction of sp³-hybridized carbons (Fsp3) is 0.500. The number of carbonyl (C=O) groups is 1. The summed E-state index contributed by atoms with van der Waals surface area (Å²) in [7, 11) is 0. The molecule has 1 N–H and O–H groups in total. The lowest BCUT2D eigenvalue weighted by Crippen LogP contribution is -2.45. The van der Waals surface area contributed by atoms with Crippen molar-refractivity contribution in [2.75, 3.05) is 6.54 Å². The third kappa shape index (κ3) is 4.18. The zero-order valence-corrected chi connectivity index (χ0v) is 13.1. The number of hydrogen-bond acceptors (Lipinski definition) is 2. The van der Waals surface area contributed by atoms with Gasteiger partial charge in [0.2, 0.25) is 0 Å². The largest absolute Gasteiger partial charge is 0.478 e. The van der Waals surface area contributed by atoms with E-state index in [0.29, 0.717) is 12.0 Å². The van der Waals surface area contributed by atoms with Gasteiger partial charge in [0.1, 0.15) is 0 Å². The van der Waals surface area contributed by atoms with Crippen LogP contribution < -0.4 is 0 Å². The van der Waals surface area contributed by atoms with E-state index in [4.69, 9.17) is 5.11 Å². The Balaban J connectivity index is 2.17. The van der Waals surface area contributed by atoms with Gasteiger partial charge in [-0.15, -0.1) is 0 Å². The van der Waals surface area contributed by atoms with Crippen LogP contribution in [0.5, 0.6) is 0 Å². The third-order valence-electron chi connectivity index (χ3n) is 4.55. The normalized spacial score (nSPS) is 27.1. The summed E-state index contributed by atoms with van der Waals surface area (Å²) in [4.78, 5) is 13.2. The van der Waals surface area contributed by atoms with Crippen LogP contribution in [-0.2, 0) is 11.3 Å². The van der Waals surface area contributed by atoms with Crippen molar-refractivity contribution in [3.8, 4) is 0 Å². The van der Waals surface area contributed by atoms with Crippen molar-refractivity contribution in [1.82, 2.24) is 4.90 Å². The van der Waals surface area contributed by atoms with Crippen molar-refractivity contribution in [3.63, 3.8) is 0 Å². The predicted octanol–water partition coefficient (Wildman–Crippen LogP) is 3.65. The van der Waals surface area contributed by atoms with Gasteiger partial charge < -0.3 is 5.11 Å². The molecule has 3 unspecified atom stereocenters. The van der Waals surface area contributed by atoms with Crippen LogP contribution >= 0.6 is 0 Å². The van der Waals surface area contributed by atoms with E-state index in [1.165, 1.54) is 18.1 Å². The van der Waals surface area contributed by atoms with Gasteiger partial charge in [0.15, 0.2) is 0 Å². The SMILES string of the molecule is CC1CC(C)C(C)N(Cc2ccccc2/C=C/C(=O)O)C1. The quantitative estimate of drug-likeness (QED) is 0.859. The highest BCUT2D eigenvalue weighted by Gasteiger charge is 2.28. The molecule has 0 radical (unpaired) electrons. The zero-order valence-electron chi connectivity index (χ0n) is 13.1. The first-order valence-corrected chi connectivity index (χ1v) is 7.70. The van der Waals surface area contributed by atoms with Gasteiger partial charge in [-0.25, -0.2) is 4.79 Å². The number of rotatable bonds is 4. The number of carboxylic acids is 1. The molecule has 0 amide bonds. The fourth-order valence-electron chi connectivity index (χ4n) is 3.26. The van der Waals surface area contributed by atoms with Gasteiger partial charge in [0.25, 0.3) is 0 Å². The minimum atomic E-state index is -0.904. The summed E-state index contributed by atoms with van der Waals surface area (Å²) in [5.74, 6) is 0.520. The number of likely N-dealkylation sites (tertiary alicyclic amines) is 1. The van der Waals surface area contributed by atoms with Crippen molar-refractivity contribution in [2.24, 2.45) is 11.8 Å². The summed E-state index contributed by atoms with van der Waals surface area (Å²) < 4.78 is 0. The Hall–Kier alpha value is -1.61. The van der Waals surface area contributed by atoms with Gasteiger partial charge in [0.05, 0.1) is 0 Å². The summed E-state index contributed by atoms with van der Waals surface area (Å²) in [6.07, 6.45) is 4.20. The number of aliphatic carboxylic acids is 1. The molecule has 1 aliphatic rings. The van der Waals surface area contributed by atoms with Gasteiger partial charge in [-0.1, -0.05) is 38.1 Å². The van der Waals surface area contributed by atoms with Crippen molar-refractivity contribution < 1.29 is 9.90 Å². The molecule has 21 heavy (non-hydrogen) atoms. The lowest BCUT2D eigenvalue weighted by atomic mass is 9.85. The Labute approximate surface area is 127 Å². The van der Waals surface area contributed by atoms with Crippen LogP contribution in [0, 0.1) is 11.8 Å². The molecular formula is C18H25NO2. The summed E-state index contributed by atoms with van der Waals surface area (Å²) in [5.41, 5.74) is 2.20. The smallest absolute Gasteiger partial charge is 0.328 e. The van der Waals surface area contributed by atoms with Gasteiger partial charge in [-0.2, -0.15) is 0 Å². The molecule has 0 aromatic heterocycles. The van der Waals surface area contributed by atoms with Crippen LogP contribution in [0.25, 0.3) is 6.08 Å². The molecule has 2 rings (SSSR count).